The van der Waals surface area contributed by atoms with Crippen molar-refractivity contribution in [3.8, 4) is 11.3 Å². The number of aromatic nitrogens is 1. The second-order valence-corrected chi connectivity index (χ2v) is 18.2. The Labute approximate surface area is 125 Å². The predicted octanol–water partition coefficient (Wildman–Crippen LogP) is 4.59. The topological polar surface area (TPSA) is 12.9 Å². The van der Waals surface area contributed by atoms with Crippen molar-refractivity contribution >= 4 is 17.7 Å². The zero-order valence-corrected chi connectivity index (χ0v) is 15.6. The molecule has 0 amide bonds. The van der Waals surface area contributed by atoms with Crippen LogP contribution in [-0.4, -0.2) is 18.3 Å². The van der Waals surface area contributed by atoms with E-state index in [0.29, 0.717) is 0 Å². The van der Waals surface area contributed by atoms with E-state index in [-0.39, 0.29) is 5.41 Å². The van der Waals surface area contributed by atoms with Crippen LogP contribution < -0.4 is 4.40 Å². The van der Waals surface area contributed by atoms with Crippen LogP contribution in [0.1, 0.15) is 26.3 Å². The van der Waals surface area contributed by atoms with Crippen LogP contribution in [0.2, 0.25) is 17.3 Å². The van der Waals surface area contributed by atoms with E-state index in [0.717, 1.165) is 5.69 Å². The minimum absolute atomic E-state index is 0.204. The van der Waals surface area contributed by atoms with Gasteiger partial charge in [-0.15, -0.1) is 0 Å². The summed E-state index contributed by atoms with van der Waals surface area (Å²) in [5, 5.41) is 0. The summed E-state index contributed by atoms with van der Waals surface area (Å²) in [7, 11) is 0. The maximum atomic E-state index is 4.65. The molecule has 0 bridgehead atoms. The number of nitrogens with zero attached hydrogens (tertiary/aromatic N) is 1. The number of hydrogen-bond donors (Lipinski definition) is 0. The standard InChI is InChI=1S/C18H25GeN/c1-18(2,3)15-9-7-14(8-10-15)17-12-11-16(13-20-17)19(4,5)6/h7-13H,1-6H3. The maximum absolute atomic E-state index is 4.65. The van der Waals surface area contributed by atoms with Gasteiger partial charge in [0.05, 0.1) is 0 Å². The van der Waals surface area contributed by atoms with Gasteiger partial charge in [-0.2, -0.15) is 0 Å². The van der Waals surface area contributed by atoms with E-state index in [1.807, 2.05) is 0 Å². The molecule has 20 heavy (non-hydrogen) atoms. The summed E-state index contributed by atoms with van der Waals surface area (Å²) in [4.78, 5) is 4.65. The van der Waals surface area contributed by atoms with Gasteiger partial charge in [0.2, 0.25) is 0 Å². The molecule has 0 saturated heterocycles. The van der Waals surface area contributed by atoms with E-state index < -0.39 is 13.3 Å². The third-order valence-corrected chi connectivity index (χ3v) is 7.93. The molecule has 1 nitrogen and oxygen atoms in total. The Morgan fingerprint density at radius 1 is 0.850 bits per heavy atom. The molecule has 0 fully saturated rings. The van der Waals surface area contributed by atoms with Crippen LogP contribution in [-0.2, 0) is 5.41 Å². The quantitative estimate of drug-likeness (QED) is 0.735. The van der Waals surface area contributed by atoms with Gasteiger partial charge in [-0.1, -0.05) is 0 Å². The molecule has 1 heterocycles. The normalized spacial score (nSPS) is 12.5. The van der Waals surface area contributed by atoms with Crippen molar-refractivity contribution in [2.45, 2.75) is 43.5 Å². The van der Waals surface area contributed by atoms with Crippen LogP contribution in [0.15, 0.2) is 42.6 Å². The fourth-order valence-corrected chi connectivity index (χ4v) is 4.32. The third kappa shape index (κ3) is 3.51. The van der Waals surface area contributed by atoms with Crippen LogP contribution in [0, 0.1) is 0 Å². The van der Waals surface area contributed by atoms with Crippen LogP contribution in [0.3, 0.4) is 0 Å². The van der Waals surface area contributed by atoms with Crippen molar-refractivity contribution < 1.29 is 0 Å². The molecule has 0 aliphatic rings. The molecule has 0 atom stereocenters. The molecule has 0 radical (unpaired) electrons. The van der Waals surface area contributed by atoms with Gasteiger partial charge in [0.15, 0.2) is 0 Å². The minimum atomic E-state index is -1.75. The first-order valence-electron chi connectivity index (χ1n) is 7.25. The first-order chi connectivity index (χ1) is 9.18. The number of rotatable bonds is 2. The molecule has 2 aromatic rings. The van der Waals surface area contributed by atoms with Gasteiger partial charge in [-0.05, 0) is 0 Å². The summed E-state index contributed by atoms with van der Waals surface area (Å²) in [5.41, 5.74) is 3.84. The van der Waals surface area contributed by atoms with Crippen molar-refractivity contribution in [2.75, 3.05) is 0 Å². The molecular formula is C18H25GeN. The summed E-state index contributed by atoms with van der Waals surface area (Å²) in [5.74, 6) is 7.19. The van der Waals surface area contributed by atoms with Gasteiger partial charge < -0.3 is 0 Å². The van der Waals surface area contributed by atoms with E-state index >= 15 is 0 Å². The van der Waals surface area contributed by atoms with Crippen molar-refractivity contribution in [1.29, 1.82) is 0 Å². The van der Waals surface area contributed by atoms with Crippen LogP contribution in [0.5, 0.6) is 0 Å². The molecule has 0 spiro atoms. The molecule has 2 heteroatoms. The van der Waals surface area contributed by atoms with Crippen molar-refractivity contribution in [3.63, 3.8) is 0 Å². The van der Waals surface area contributed by atoms with Crippen LogP contribution >= 0.6 is 0 Å². The molecular weight excluding hydrogens is 303 g/mol. The van der Waals surface area contributed by atoms with Gasteiger partial charge in [-0.25, -0.2) is 0 Å². The Bertz CT molecular complexity index is 513. The summed E-state index contributed by atoms with van der Waals surface area (Å²) in [6.07, 6.45) is 2.08. The fourth-order valence-electron chi connectivity index (χ4n) is 2.15. The van der Waals surface area contributed by atoms with E-state index in [4.69, 9.17) is 0 Å². The molecule has 0 saturated carbocycles. The molecule has 106 valence electrons. The monoisotopic (exact) mass is 329 g/mol. The van der Waals surface area contributed by atoms with E-state index in [9.17, 15) is 0 Å². The van der Waals surface area contributed by atoms with Crippen LogP contribution in [0.25, 0.3) is 11.3 Å². The van der Waals surface area contributed by atoms with Crippen molar-refractivity contribution in [3.05, 3.63) is 48.2 Å². The Hall–Kier alpha value is -1.09. The van der Waals surface area contributed by atoms with Gasteiger partial charge >= 0.3 is 126 Å². The van der Waals surface area contributed by atoms with Gasteiger partial charge in [-0.3, -0.25) is 0 Å². The van der Waals surface area contributed by atoms with Crippen LogP contribution in [0.4, 0.5) is 0 Å². The van der Waals surface area contributed by atoms with Crippen molar-refractivity contribution in [1.82, 2.24) is 4.98 Å². The van der Waals surface area contributed by atoms with Gasteiger partial charge in [0.25, 0.3) is 0 Å². The second-order valence-electron chi connectivity index (χ2n) is 7.51. The zero-order chi connectivity index (χ0) is 15.0. The Morgan fingerprint density at radius 3 is 1.85 bits per heavy atom. The summed E-state index contributed by atoms with van der Waals surface area (Å²) in [6, 6.07) is 13.2. The SMILES string of the molecule is CC(C)(C)c1ccc(-c2cc[c]([Ge]([CH3])([CH3])[CH3])cn2)cc1. The van der Waals surface area contributed by atoms with Gasteiger partial charge in [0, 0.05) is 0 Å². The molecule has 1 aromatic heterocycles. The van der Waals surface area contributed by atoms with Crippen molar-refractivity contribution in [2.24, 2.45) is 0 Å². The van der Waals surface area contributed by atoms with Gasteiger partial charge in [0.1, 0.15) is 0 Å². The number of pyridine rings is 1. The molecule has 0 unspecified atom stereocenters. The van der Waals surface area contributed by atoms with E-state index in [1.54, 1.807) is 0 Å². The number of hydrogen-bond acceptors (Lipinski definition) is 1. The predicted molar refractivity (Wildman–Crippen MR) is 91.4 cm³/mol. The second kappa shape index (κ2) is 5.36. The first-order valence-corrected chi connectivity index (χ1v) is 14.6. The molecule has 0 aliphatic heterocycles. The first kappa shape index (κ1) is 15.3. The Morgan fingerprint density at radius 2 is 1.45 bits per heavy atom. The molecule has 0 N–H and O–H groups in total. The number of benzene rings is 1. The summed E-state index contributed by atoms with van der Waals surface area (Å²) in [6.45, 7) is 6.72. The third-order valence-electron chi connectivity index (χ3n) is 3.68. The molecule has 1 aromatic carbocycles. The molecule has 0 aliphatic carbocycles. The van der Waals surface area contributed by atoms with E-state index in [2.05, 4.69) is 85.6 Å². The van der Waals surface area contributed by atoms with E-state index in [1.165, 1.54) is 15.5 Å². The summed E-state index contributed by atoms with van der Waals surface area (Å²) >= 11 is -1.75. The zero-order valence-electron chi connectivity index (χ0n) is 13.5. The summed E-state index contributed by atoms with van der Waals surface area (Å²) < 4.78 is 1.46. The fraction of sp³-hybridized carbons (Fsp3) is 0.389. The average molecular weight is 328 g/mol. The molecule has 2 rings (SSSR count). The Balaban J connectivity index is 2.29. The Kier molecular flexibility index (Phi) is 4.10. The average Bonchev–Trinajstić information content (AvgIpc) is 2.37.